The number of aryl methyl sites for hydroxylation is 1. The van der Waals surface area contributed by atoms with Crippen LogP contribution in [0.4, 0.5) is 5.95 Å². The summed E-state index contributed by atoms with van der Waals surface area (Å²) in [5, 5.41) is 0. The highest BCUT2D eigenvalue weighted by Gasteiger charge is 2.19. The van der Waals surface area contributed by atoms with E-state index in [1.165, 1.54) is 12.0 Å². The van der Waals surface area contributed by atoms with Crippen molar-refractivity contribution in [1.29, 1.82) is 0 Å². The number of hydrogen-bond acceptors (Lipinski definition) is 5. The smallest absolute Gasteiger partial charge is 0.237 e. The van der Waals surface area contributed by atoms with Crippen molar-refractivity contribution in [3.05, 3.63) is 17.0 Å². The second kappa shape index (κ2) is 4.76. The zero-order chi connectivity index (χ0) is 11.5. The maximum atomic E-state index is 5.34. The predicted octanol–water partition coefficient (Wildman–Crippen LogP) is 0.839. The van der Waals surface area contributed by atoms with E-state index in [1.54, 1.807) is 0 Å². The highest BCUT2D eigenvalue weighted by atomic mass is 15.3. The van der Waals surface area contributed by atoms with Crippen LogP contribution < -0.4 is 11.3 Å². The van der Waals surface area contributed by atoms with Gasteiger partial charge in [0.1, 0.15) is 0 Å². The summed E-state index contributed by atoms with van der Waals surface area (Å²) in [6.45, 7) is 7.44. The van der Waals surface area contributed by atoms with Gasteiger partial charge in [0, 0.05) is 30.8 Å². The van der Waals surface area contributed by atoms with Gasteiger partial charge in [-0.05, 0) is 19.9 Å². The van der Waals surface area contributed by atoms with Crippen LogP contribution in [0, 0.1) is 6.92 Å². The molecule has 0 radical (unpaired) electrons. The van der Waals surface area contributed by atoms with Crippen LogP contribution in [-0.2, 0) is 13.0 Å². The van der Waals surface area contributed by atoms with Crippen LogP contribution in [0.2, 0.25) is 0 Å². The molecule has 2 rings (SSSR count). The Kier molecular flexibility index (Phi) is 3.36. The zero-order valence-corrected chi connectivity index (χ0v) is 9.95. The lowest BCUT2D eigenvalue weighted by Crippen LogP contribution is -2.33. The number of aromatic nitrogens is 2. The SMILES string of the molecule is CCCN1CCc2nc(NN)nc(C)c2C1. The lowest BCUT2D eigenvalue weighted by molar-refractivity contribution is 0.251. The standard InChI is InChI=1S/C11H19N5/c1-3-5-16-6-4-10-9(7-16)8(2)13-11(14-10)15-12/h3-7,12H2,1-2H3,(H,13,14,15). The van der Waals surface area contributed by atoms with Gasteiger partial charge in [-0.25, -0.2) is 15.8 Å². The van der Waals surface area contributed by atoms with Crippen LogP contribution in [0.1, 0.15) is 30.3 Å². The minimum absolute atomic E-state index is 0.528. The first-order chi connectivity index (χ1) is 7.74. The monoisotopic (exact) mass is 221 g/mol. The third kappa shape index (κ3) is 2.15. The van der Waals surface area contributed by atoms with Gasteiger partial charge in [-0.15, -0.1) is 0 Å². The molecular weight excluding hydrogens is 202 g/mol. The fraction of sp³-hybridized carbons (Fsp3) is 0.636. The van der Waals surface area contributed by atoms with Crippen molar-refractivity contribution in [1.82, 2.24) is 14.9 Å². The molecule has 0 bridgehead atoms. The van der Waals surface area contributed by atoms with Crippen LogP contribution >= 0.6 is 0 Å². The summed E-state index contributed by atoms with van der Waals surface area (Å²) >= 11 is 0. The van der Waals surface area contributed by atoms with Gasteiger partial charge in [-0.1, -0.05) is 6.92 Å². The average Bonchev–Trinajstić information content (AvgIpc) is 2.30. The highest BCUT2D eigenvalue weighted by molar-refractivity contribution is 5.34. The van der Waals surface area contributed by atoms with Crippen LogP contribution in [0.3, 0.4) is 0 Å². The zero-order valence-electron chi connectivity index (χ0n) is 9.95. The topological polar surface area (TPSA) is 67.1 Å². The summed E-state index contributed by atoms with van der Waals surface area (Å²) in [4.78, 5) is 11.2. The van der Waals surface area contributed by atoms with Gasteiger partial charge >= 0.3 is 0 Å². The van der Waals surface area contributed by atoms with E-state index < -0.39 is 0 Å². The Labute approximate surface area is 96.0 Å². The number of rotatable bonds is 3. The molecule has 0 saturated carbocycles. The Morgan fingerprint density at radius 3 is 2.94 bits per heavy atom. The largest absolute Gasteiger partial charge is 0.299 e. The molecule has 0 aromatic carbocycles. The van der Waals surface area contributed by atoms with Crippen LogP contribution in [-0.4, -0.2) is 28.0 Å². The minimum atomic E-state index is 0.528. The van der Waals surface area contributed by atoms with Crippen molar-refractivity contribution in [3.8, 4) is 0 Å². The highest BCUT2D eigenvalue weighted by Crippen LogP contribution is 2.20. The van der Waals surface area contributed by atoms with E-state index in [9.17, 15) is 0 Å². The summed E-state index contributed by atoms with van der Waals surface area (Å²) in [7, 11) is 0. The molecule has 0 unspecified atom stereocenters. The Morgan fingerprint density at radius 1 is 1.44 bits per heavy atom. The predicted molar refractivity (Wildman–Crippen MR) is 63.9 cm³/mol. The van der Waals surface area contributed by atoms with E-state index in [-0.39, 0.29) is 0 Å². The second-order valence-electron chi connectivity index (χ2n) is 4.23. The van der Waals surface area contributed by atoms with Crippen LogP contribution in [0.5, 0.6) is 0 Å². The number of nitrogens with two attached hydrogens (primary N) is 1. The molecule has 2 heterocycles. The molecule has 1 aliphatic heterocycles. The molecule has 1 aromatic heterocycles. The van der Waals surface area contributed by atoms with Crippen LogP contribution in [0.15, 0.2) is 0 Å². The molecule has 16 heavy (non-hydrogen) atoms. The molecule has 0 atom stereocenters. The summed E-state index contributed by atoms with van der Waals surface area (Å²) in [6, 6.07) is 0. The van der Waals surface area contributed by atoms with E-state index in [0.717, 1.165) is 37.4 Å². The maximum absolute atomic E-state index is 5.34. The number of nitrogens with one attached hydrogen (secondary N) is 1. The molecule has 1 aliphatic rings. The lowest BCUT2D eigenvalue weighted by atomic mass is 10.0. The molecule has 0 aliphatic carbocycles. The van der Waals surface area contributed by atoms with Gasteiger partial charge in [-0.3, -0.25) is 10.3 Å². The van der Waals surface area contributed by atoms with E-state index >= 15 is 0 Å². The molecule has 0 spiro atoms. The fourth-order valence-electron chi connectivity index (χ4n) is 2.21. The number of hydrogen-bond donors (Lipinski definition) is 2. The van der Waals surface area contributed by atoms with Gasteiger partial charge in [0.05, 0.1) is 5.69 Å². The first-order valence-corrected chi connectivity index (χ1v) is 5.80. The normalized spacial score (nSPS) is 15.9. The van der Waals surface area contributed by atoms with Gasteiger partial charge < -0.3 is 0 Å². The molecule has 3 N–H and O–H groups in total. The maximum Gasteiger partial charge on any atom is 0.237 e. The third-order valence-corrected chi connectivity index (χ3v) is 3.02. The van der Waals surface area contributed by atoms with E-state index in [0.29, 0.717) is 5.95 Å². The van der Waals surface area contributed by atoms with Crippen molar-refractivity contribution in [2.45, 2.75) is 33.2 Å². The average molecular weight is 221 g/mol. The molecule has 0 saturated heterocycles. The van der Waals surface area contributed by atoms with Crippen molar-refractivity contribution >= 4 is 5.95 Å². The first-order valence-electron chi connectivity index (χ1n) is 5.80. The van der Waals surface area contributed by atoms with Gasteiger partial charge in [0.2, 0.25) is 5.95 Å². The fourth-order valence-corrected chi connectivity index (χ4v) is 2.21. The summed E-state index contributed by atoms with van der Waals surface area (Å²) in [6.07, 6.45) is 2.19. The molecular formula is C11H19N5. The molecule has 5 nitrogen and oxygen atoms in total. The number of hydrazine groups is 1. The number of nitrogen functional groups attached to an aromatic ring is 1. The van der Waals surface area contributed by atoms with E-state index in [2.05, 4.69) is 27.2 Å². The van der Waals surface area contributed by atoms with Gasteiger partial charge in [0.25, 0.3) is 0 Å². The molecule has 5 heteroatoms. The summed E-state index contributed by atoms with van der Waals surface area (Å²) < 4.78 is 0. The second-order valence-corrected chi connectivity index (χ2v) is 4.23. The number of anilines is 1. The van der Waals surface area contributed by atoms with Crippen molar-refractivity contribution in [2.75, 3.05) is 18.5 Å². The van der Waals surface area contributed by atoms with E-state index in [4.69, 9.17) is 5.84 Å². The Hall–Kier alpha value is -1.20. The Balaban J connectivity index is 2.25. The first kappa shape index (κ1) is 11.3. The van der Waals surface area contributed by atoms with Crippen molar-refractivity contribution < 1.29 is 0 Å². The Bertz CT molecular complexity index is 377. The molecule has 88 valence electrons. The minimum Gasteiger partial charge on any atom is -0.299 e. The number of fused-ring (bicyclic) bond motifs is 1. The molecule has 0 amide bonds. The van der Waals surface area contributed by atoms with Crippen molar-refractivity contribution in [2.24, 2.45) is 5.84 Å². The Morgan fingerprint density at radius 2 is 2.25 bits per heavy atom. The molecule has 1 aromatic rings. The quantitative estimate of drug-likeness (QED) is 0.585. The number of nitrogens with zero attached hydrogens (tertiary/aromatic N) is 3. The van der Waals surface area contributed by atoms with Gasteiger partial charge in [0.15, 0.2) is 0 Å². The summed E-state index contributed by atoms with van der Waals surface area (Å²) in [5.41, 5.74) is 5.98. The van der Waals surface area contributed by atoms with Gasteiger partial charge in [-0.2, -0.15) is 0 Å². The third-order valence-electron chi connectivity index (χ3n) is 3.02. The summed E-state index contributed by atoms with van der Waals surface area (Å²) in [5.74, 6) is 5.87. The lowest BCUT2D eigenvalue weighted by Gasteiger charge is -2.28. The molecule has 0 fully saturated rings. The van der Waals surface area contributed by atoms with Crippen LogP contribution in [0.25, 0.3) is 0 Å². The van der Waals surface area contributed by atoms with E-state index in [1.807, 2.05) is 6.92 Å². The van der Waals surface area contributed by atoms with Crippen molar-refractivity contribution in [3.63, 3.8) is 0 Å².